The molecule has 3 rings (SSSR count). The number of halogens is 1. The Bertz CT molecular complexity index is 575. The summed E-state index contributed by atoms with van der Waals surface area (Å²) in [5.74, 6) is 0.124. The topological polar surface area (TPSA) is 64.6 Å². The molecule has 0 bridgehead atoms. The fraction of sp³-hybridized carbons (Fsp3) is 0.632. The summed E-state index contributed by atoms with van der Waals surface area (Å²) in [7, 11) is 0. The van der Waals surface area contributed by atoms with Crippen molar-refractivity contribution in [2.75, 3.05) is 39.3 Å². The first-order valence-electron chi connectivity index (χ1n) is 9.21. The minimum absolute atomic E-state index is 0.124. The van der Waals surface area contributed by atoms with Crippen LogP contribution in [0.4, 0.5) is 0 Å². The van der Waals surface area contributed by atoms with Gasteiger partial charge in [-0.1, -0.05) is 30.2 Å². The highest BCUT2D eigenvalue weighted by atomic mass is 35.5. The number of piperidine rings is 1. The van der Waals surface area contributed by atoms with Crippen LogP contribution in [0.5, 0.6) is 0 Å². The fourth-order valence-electron chi connectivity index (χ4n) is 3.85. The smallest absolute Gasteiger partial charge is 0.229 e. The van der Waals surface area contributed by atoms with Crippen LogP contribution >= 0.6 is 11.6 Å². The number of benzene rings is 1. The van der Waals surface area contributed by atoms with Gasteiger partial charge in [-0.3, -0.25) is 9.69 Å². The van der Waals surface area contributed by atoms with E-state index in [0.29, 0.717) is 24.7 Å². The van der Waals surface area contributed by atoms with Crippen molar-refractivity contribution in [3.05, 3.63) is 34.9 Å². The fourth-order valence-corrected chi connectivity index (χ4v) is 3.97. The molecule has 1 aromatic rings. The Balaban J connectivity index is 1.51. The number of hydrogen-bond donors (Lipinski definition) is 3. The predicted molar refractivity (Wildman–Crippen MR) is 99.8 cm³/mol. The third kappa shape index (κ3) is 4.53. The van der Waals surface area contributed by atoms with Gasteiger partial charge in [0, 0.05) is 37.2 Å². The number of carbonyl (C=O) groups is 1. The average Bonchev–Trinajstić information content (AvgIpc) is 2.60. The zero-order chi connectivity index (χ0) is 17.7. The van der Waals surface area contributed by atoms with Crippen molar-refractivity contribution < 1.29 is 9.90 Å². The molecule has 0 aliphatic carbocycles. The minimum atomic E-state index is -0.355. The summed E-state index contributed by atoms with van der Waals surface area (Å²) in [5.41, 5.74) is 0.781. The molecule has 25 heavy (non-hydrogen) atoms. The van der Waals surface area contributed by atoms with Gasteiger partial charge in [-0.15, -0.1) is 0 Å². The summed E-state index contributed by atoms with van der Waals surface area (Å²) in [5, 5.41) is 16.6. The van der Waals surface area contributed by atoms with E-state index in [0.717, 1.165) is 31.5 Å². The van der Waals surface area contributed by atoms with Gasteiger partial charge in [0.1, 0.15) is 0 Å². The summed E-state index contributed by atoms with van der Waals surface area (Å²) < 4.78 is 0. The van der Waals surface area contributed by atoms with Gasteiger partial charge in [-0.05, 0) is 43.5 Å². The maximum absolute atomic E-state index is 12.8. The van der Waals surface area contributed by atoms with Crippen molar-refractivity contribution in [3.63, 3.8) is 0 Å². The Labute approximate surface area is 154 Å². The highest BCUT2D eigenvalue weighted by Gasteiger charge is 2.44. The van der Waals surface area contributed by atoms with Gasteiger partial charge in [0.15, 0.2) is 0 Å². The molecular formula is C19H28ClN3O2. The van der Waals surface area contributed by atoms with E-state index in [4.69, 9.17) is 11.6 Å². The standard InChI is InChI=1S/C19H28ClN3O2/c20-16-6-4-15(5-7-16)11-19(13-21-14-19)18(25)22-8-10-23-9-2-1-3-17(23)12-24/h4-7,17,21,24H,1-3,8-14H2,(H,22,25). The van der Waals surface area contributed by atoms with Crippen LogP contribution in [-0.2, 0) is 11.2 Å². The summed E-state index contributed by atoms with van der Waals surface area (Å²) in [6.07, 6.45) is 4.14. The summed E-state index contributed by atoms with van der Waals surface area (Å²) in [6, 6.07) is 7.99. The van der Waals surface area contributed by atoms with Gasteiger partial charge >= 0.3 is 0 Å². The molecule has 138 valence electrons. The summed E-state index contributed by atoms with van der Waals surface area (Å²) >= 11 is 5.95. The Morgan fingerprint density at radius 3 is 2.72 bits per heavy atom. The maximum atomic E-state index is 12.8. The number of carbonyl (C=O) groups excluding carboxylic acids is 1. The molecule has 0 aromatic heterocycles. The zero-order valence-electron chi connectivity index (χ0n) is 14.6. The molecule has 1 aromatic carbocycles. The van der Waals surface area contributed by atoms with Crippen LogP contribution in [0, 0.1) is 5.41 Å². The number of amides is 1. The van der Waals surface area contributed by atoms with E-state index in [2.05, 4.69) is 15.5 Å². The number of nitrogens with zero attached hydrogens (tertiary/aromatic N) is 1. The van der Waals surface area contributed by atoms with E-state index in [1.807, 2.05) is 24.3 Å². The largest absolute Gasteiger partial charge is 0.395 e. The van der Waals surface area contributed by atoms with Crippen LogP contribution in [0.1, 0.15) is 24.8 Å². The Hall–Kier alpha value is -1.14. The molecule has 0 saturated carbocycles. The number of nitrogens with one attached hydrogen (secondary N) is 2. The summed E-state index contributed by atoms with van der Waals surface area (Å²) in [4.78, 5) is 15.1. The van der Waals surface area contributed by atoms with Crippen molar-refractivity contribution in [1.82, 2.24) is 15.5 Å². The lowest BCUT2D eigenvalue weighted by Crippen LogP contribution is -2.63. The number of rotatable bonds is 7. The average molecular weight is 366 g/mol. The molecule has 1 atom stereocenters. The molecule has 0 spiro atoms. The quantitative estimate of drug-likeness (QED) is 0.684. The molecule has 0 radical (unpaired) electrons. The van der Waals surface area contributed by atoms with Crippen molar-refractivity contribution >= 4 is 17.5 Å². The van der Waals surface area contributed by atoms with E-state index in [1.165, 1.54) is 12.8 Å². The molecule has 5 nitrogen and oxygen atoms in total. The SMILES string of the molecule is O=C(NCCN1CCCCC1CO)C1(Cc2ccc(Cl)cc2)CNC1. The van der Waals surface area contributed by atoms with Crippen molar-refractivity contribution in [2.24, 2.45) is 5.41 Å². The number of aliphatic hydroxyl groups excluding tert-OH is 1. The van der Waals surface area contributed by atoms with Gasteiger partial charge < -0.3 is 15.7 Å². The van der Waals surface area contributed by atoms with Crippen LogP contribution < -0.4 is 10.6 Å². The van der Waals surface area contributed by atoms with E-state index in [9.17, 15) is 9.90 Å². The highest BCUT2D eigenvalue weighted by Crippen LogP contribution is 2.28. The van der Waals surface area contributed by atoms with E-state index >= 15 is 0 Å². The molecular weight excluding hydrogens is 338 g/mol. The van der Waals surface area contributed by atoms with Crippen molar-refractivity contribution in [3.8, 4) is 0 Å². The third-order valence-corrected chi connectivity index (χ3v) is 5.76. The predicted octanol–water partition coefficient (Wildman–Crippen LogP) is 1.44. The lowest BCUT2D eigenvalue weighted by Gasteiger charge is -2.41. The second kappa shape index (κ2) is 8.49. The van der Waals surface area contributed by atoms with Crippen LogP contribution in [0.15, 0.2) is 24.3 Å². The van der Waals surface area contributed by atoms with Crippen molar-refractivity contribution in [1.29, 1.82) is 0 Å². The monoisotopic (exact) mass is 365 g/mol. The van der Waals surface area contributed by atoms with Gasteiger partial charge in [-0.25, -0.2) is 0 Å². The summed E-state index contributed by atoms with van der Waals surface area (Å²) in [6.45, 7) is 4.09. The Morgan fingerprint density at radius 2 is 2.08 bits per heavy atom. The number of aliphatic hydroxyl groups is 1. The van der Waals surface area contributed by atoms with Crippen LogP contribution in [0.2, 0.25) is 5.02 Å². The molecule has 2 aliphatic heterocycles. The highest BCUT2D eigenvalue weighted by molar-refractivity contribution is 6.30. The lowest BCUT2D eigenvalue weighted by atomic mass is 9.75. The third-order valence-electron chi connectivity index (χ3n) is 5.51. The van der Waals surface area contributed by atoms with Gasteiger partial charge in [0.25, 0.3) is 0 Å². The zero-order valence-corrected chi connectivity index (χ0v) is 15.4. The molecule has 2 heterocycles. The molecule has 2 fully saturated rings. The maximum Gasteiger partial charge on any atom is 0.229 e. The number of likely N-dealkylation sites (tertiary alicyclic amines) is 1. The van der Waals surface area contributed by atoms with Crippen molar-refractivity contribution in [2.45, 2.75) is 31.7 Å². The van der Waals surface area contributed by atoms with E-state index in [1.54, 1.807) is 0 Å². The van der Waals surface area contributed by atoms with Crippen LogP contribution in [0.25, 0.3) is 0 Å². The van der Waals surface area contributed by atoms with Gasteiger partial charge in [0.05, 0.1) is 12.0 Å². The Morgan fingerprint density at radius 1 is 1.32 bits per heavy atom. The van der Waals surface area contributed by atoms with Gasteiger partial charge in [0.2, 0.25) is 5.91 Å². The normalized spacial score (nSPS) is 23.0. The molecule has 6 heteroatoms. The molecule has 2 saturated heterocycles. The van der Waals surface area contributed by atoms with E-state index < -0.39 is 0 Å². The second-order valence-electron chi connectivity index (χ2n) is 7.31. The minimum Gasteiger partial charge on any atom is -0.395 e. The van der Waals surface area contributed by atoms with E-state index in [-0.39, 0.29) is 24.0 Å². The molecule has 1 unspecified atom stereocenters. The lowest BCUT2D eigenvalue weighted by molar-refractivity contribution is -0.134. The van der Waals surface area contributed by atoms with Crippen LogP contribution in [-0.4, -0.2) is 61.3 Å². The molecule has 3 N–H and O–H groups in total. The molecule has 2 aliphatic rings. The van der Waals surface area contributed by atoms with Crippen LogP contribution in [0.3, 0.4) is 0 Å². The number of hydrogen-bond acceptors (Lipinski definition) is 4. The van der Waals surface area contributed by atoms with Gasteiger partial charge in [-0.2, -0.15) is 0 Å². The second-order valence-corrected chi connectivity index (χ2v) is 7.75. The first-order valence-corrected chi connectivity index (χ1v) is 9.59. The first kappa shape index (κ1) is 18.6. The Kier molecular flexibility index (Phi) is 6.34. The first-order chi connectivity index (χ1) is 12.1. The molecule has 1 amide bonds.